The summed E-state index contributed by atoms with van der Waals surface area (Å²) in [5, 5.41) is 26.8. The van der Waals surface area contributed by atoms with Crippen LogP contribution < -0.4 is 15.2 Å². The molecule has 1 aromatic heterocycles. The van der Waals surface area contributed by atoms with Gasteiger partial charge in [-0.2, -0.15) is 5.26 Å². The standard InChI is InChI=1S/C19H19FN4O4S/c1-4-19(2,26)7-8-28-17-15(29(22)27)11-24(3)16(17)18(25)23-13-5-6-14(20)12(9-13)10-21/h1,5-6,9,11,26H,7-8,22H2,2-3H3,(H,23,25). The number of terminal acetylenes is 1. The number of hydrogen-bond acceptors (Lipinski definition) is 5. The van der Waals surface area contributed by atoms with E-state index in [0.717, 1.165) is 6.07 Å². The molecule has 0 bridgehead atoms. The van der Waals surface area contributed by atoms with E-state index >= 15 is 0 Å². The first-order valence-corrected chi connectivity index (χ1v) is 9.50. The van der Waals surface area contributed by atoms with Crippen LogP contribution in [0.4, 0.5) is 10.1 Å². The van der Waals surface area contributed by atoms with E-state index in [-0.39, 0.29) is 40.6 Å². The minimum absolute atomic E-state index is 0.00184. The topological polar surface area (TPSA) is 130 Å². The van der Waals surface area contributed by atoms with Gasteiger partial charge in [0, 0.05) is 25.4 Å². The number of benzene rings is 1. The number of nitrogens with two attached hydrogens (primary N) is 1. The van der Waals surface area contributed by atoms with E-state index in [1.165, 1.54) is 36.9 Å². The zero-order valence-electron chi connectivity index (χ0n) is 15.7. The number of hydrogen-bond donors (Lipinski definition) is 3. The van der Waals surface area contributed by atoms with Gasteiger partial charge in [0.1, 0.15) is 33.4 Å². The number of rotatable bonds is 7. The second-order valence-electron chi connectivity index (χ2n) is 6.36. The fourth-order valence-electron chi connectivity index (χ4n) is 2.43. The van der Waals surface area contributed by atoms with Crippen molar-refractivity contribution in [2.45, 2.75) is 23.8 Å². The van der Waals surface area contributed by atoms with Crippen LogP contribution in [0.25, 0.3) is 0 Å². The number of amides is 1. The van der Waals surface area contributed by atoms with Crippen molar-refractivity contribution in [1.82, 2.24) is 4.57 Å². The fraction of sp³-hybridized carbons (Fsp3) is 0.263. The highest BCUT2D eigenvalue weighted by Gasteiger charge is 2.26. The van der Waals surface area contributed by atoms with Crippen LogP contribution in [0.3, 0.4) is 0 Å². The first-order chi connectivity index (χ1) is 13.6. The number of ether oxygens (including phenoxy) is 1. The second kappa shape index (κ2) is 8.88. The molecule has 1 heterocycles. The van der Waals surface area contributed by atoms with E-state index in [0.29, 0.717) is 0 Å². The number of anilines is 1. The molecule has 1 amide bonds. The van der Waals surface area contributed by atoms with Crippen molar-refractivity contribution in [2.24, 2.45) is 12.2 Å². The van der Waals surface area contributed by atoms with Crippen LogP contribution in [0.2, 0.25) is 0 Å². The van der Waals surface area contributed by atoms with Crippen molar-refractivity contribution in [2.75, 3.05) is 11.9 Å². The summed E-state index contributed by atoms with van der Waals surface area (Å²) in [6.45, 7) is 1.36. The van der Waals surface area contributed by atoms with Gasteiger partial charge in [-0.25, -0.2) is 13.7 Å². The molecule has 8 nitrogen and oxygen atoms in total. The molecule has 1 aromatic carbocycles. The largest absolute Gasteiger partial charge is 0.490 e. The van der Waals surface area contributed by atoms with Crippen molar-refractivity contribution in [1.29, 1.82) is 5.26 Å². The maximum atomic E-state index is 13.5. The van der Waals surface area contributed by atoms with E-state index in [4.69, 9.17) is 21.6 Å². The Morgan fingerprint density at radius 2 is 2.24 bits per heavy atom. The maximum Gasteiger partial charge on any atom is 0.276 e. The highest BCUT2D eigenvalue weighted by atomic mass is 32.2. The number of carbonyl (C=O) groups excluding carboxylic acids is 1. The Labute approximate surface area is 169 Å². The predicted molar refractivity (Wildman–Crippen MR) is 105 cm³/mol. The third kappa shape index (κ3) is 5.21. The van der Waals surface area contributed by atoms with Gasteiger partial charge in [-0.15, -0.1) is 6.42 Å². The molecule has 4 N–H and O–H groups in total. The van der Waals surface area contributed by atoms with Crippen LogP contribution in [0.5, 0.6) is 5.75 Å². The molecule has 152 valence electrons. The monoisotopic (exact) mass is 418 g/mol. The lowest BCUT2D eigenvalue weighted by atomic mass is 10.1. The van der Waals surface area contributed by atoms with Gasteiger partial charge in [0.15, 0.2) is 11.4 Å². The number of aromatic nitrogens is 1. The van der Waals surface area contributed by atoms with Gasteiger partial charge in [-0.1, -0.05) is 5.92 Å². The normalized spacial score (nSPS) is 13.6. The third-order valence-corrected chi connectivity index (χ3v) is 4.75. The fourth-order valence-corrected chi connectivity index (χ4v) is 3.03. The maximum absolute atomic E-state index is 13.5. The molecular formula is C19H19FN4O4S. The smallest absolute Gasteiger partial charge is 0.276 e. The average Bonchev–Trinajstić information content (AvgIpc) is 2.99. The van der Waals surface area contributed by atoms with Crippen LogP contribution in [0.15, 0.2) is 29.3 Å². The third-order valence-electron chi connectivity index (χ3n) is 4.03. The van der Waals surface area contributed by atoms with Crippen LogP contribution >= 0.6 is 0 Å². The predicted octanol–water partition coefficient (Wildman–Crippen LogP) is 1.42. The van der Waals surface area contributed by atoms with Crippen LogP contribution in [0, 0.1) is 29.5 Å². The summed E-state index contributed by atoms with van der Waals surface area (Å²) < 4.78 is 32.3. The van der Waals surface area contributed by atoms with E-state index in [9.17, 15) is 18.5 Å². The number of aliphatic hydroxyl groups is 1. The Hall–Kier alpha value is -3.18. The first kappa shape index (κ1) is 22.1. The minimum atomic E-state index is -1.95. The van der Waals surface area contributed by atoms with Gasteiger partial charge in [0.05, 0.1) is 12.2 Å². The van der Waals surface area contributed by atoms with Gasteiger partial charge in [-0.05, 0) is 25.1 Å². The van der Waals surface area contributed by atoms with Gasteiger partial charge in [0.25, 0.3) is 5.91 Å². The Kier molecular flexibility index (Phi) is 6.77. The molecule has 2 unspecified atom stereocenters. The molecule has 0 saturated heterocycles. The number of halogens is 1. The number of nitrogens with zero attached hydrogens (tertiary/aromatic N) is 2. The summed E-state index contributed by atoms with van der Waals surface area (Å²) in [7, 11) is -0.420. The van der Waals surface area contributed by atoms with Crippen LogP contribution in [0.1, 0.15) is 29.4 Å². The first-order valence-electron chi connectivity index (χ1n) is 8.29. The second-order valence-corrected chi connectivity index (χ2v) is 7.39. The lowest BCUT2D eigenvalue weighted by Gasteiger charge is -2.17. The van der Waals surface area contributed by atoms with Crippen molar-refractivity contribution < 1.29 is 23.2 Å². The van der Waals surface area contributed by atoms with E-state index in [2.05, 4.69) is 11.2 Å². The molecule has 0 aliphatic carbocycles. The quantitative estimate of drug-likeness (QED) is 0.586. The summed E-state index contributed by atoms with van der Waals surface area (Å²) in [6, 6.07) is 5.22. The van der Waals surface area contributed by atoms with Gasteiger partial charge in [-0.3, -0.25) is 4.79 Å². The van der Waals surface area contributed by atoms with E-state index < -0.39 is 28.3 Å². The van der Waals surface area contributed by atoms with Crippen LogP contribution in [-0.2, 0) is 18.0 Å². The number of carbonyl (C=O) groups is 1. The number of aryl methyl sites for hydroxylation is 1. The Balaban J connectivity index is 2.33. The number of nitrogens with one attached hydrogen (secondary N) is 1. The Morgan fingerprint density at radius 1 is 1.55 bits per heavy atom. The molecule has 2 aromatic rings. The summed E-state index contributed by atoms with van der Waals surface area (Å²) >= 11 is 0. The van der Waals surface area contributed by atoms with Crippen molar-refractivity contribution in [3.63, 3.8) is 0 Å². The SMILES string of the molecule is C#CC(C)(O)CCOc1c(S(N)=O)cn(C)c1C(=O)Nc1ccc(F)c(C#N)c1. The molecule has 0 aliphatic heterocycles. The Morgan fingerprint density at radius 3 is 2.83 bits per heavy atom. The number of nitriles is 1. The molecule has 29 heavy (non-hydrogen) atoms. The molecule has 0 fully saturated rings. The highest BCUT2D eigenvalue weighted by molar-refractivity contribution is 7.82. The zero-order valence-corrected chi connectivity index (χ0v) is 16.5. The van der Waals surface area contributed by atoms with E-state index in [1.807, 2.05) is 0 Å². The summed E-state index contributed by atoms with van der Waals surface area (Å²) in [6.07, 6.45) is 6.66. The minimum Gasteiger partial charge on any atom is -0.490 e. The summed E-state index contributed by atoms with van der Waals surface area (Å²) in [4.78, 5) is 12.9. The molecule has 2 atom stereocenters. The highest BCUT2D eigenvalue weighted by Crippen LogP contribution is 2.29. The van der Waals surface area contributed by atoms with Gasteiger partial charge in [0.2, 0.25) is 0 Å². The molecule has 2 rings (SSSR count). The lowest BCUT2D eigenvalue weighted by molar-refractivity contribution is 0.0912. The van der Waals surface area contributed by atoms with Crippen molar-refractivity contribution >= 4 is 22.6 Å². The lowest BCUT2D eigenvalue weighted by Crippen LogP contribution is -2.25. The average molecular weight is 418 g/mol. The molecule has 0 spiro atoms. The van der Waals surface area contributed by atoms with Crippen molar-refractivity contribution in [3.05, 3.63) is 41.5 Å². The molecule has 0 aliphatic rings. The summed E-state index contributed by atoms with van der Waals surface area (Å²) in [5.41, 5.74) is -1.46. The molecule has 0 saturated carbocycles. The zero-order chi connectivity index (χ0) is 21.8. The Bertz CT molecular complexity index is 1050. The van der Waals surface area contributed by atoms with Gasteiger partial charge >= 0.3 is 0 Å². The molecule has 0 radical (unpaired) electrons. The van der Waals surface area contributed by atoms with Gasteiger partial charge < -0.3 is 19.7 Å². The summed E-state index contributed by atoms with van der Waals surface area (Å²) in [5.74, 6) is 0.811. The molecular weight excluding hydrogens is 399 g/mol. The van der Waals surface area contributed by atoms with Crippen LogP contribution in [-0.4, -0.2) is 32.0 Å². The molecule has 10 heteroatoms. The van der Waals surface area contributed by atoms with E-state index in [1.54, 1.807) is 6.07 Å². The van der Waals surface area contributed by atoms with Crippen molar-refractivity contribution in [3.8, 4) is 24.2 Å².